The summed E-state index contributed by atoms with van der Waals surface area (Å²) < 4.78 is 5.43. The van der Waals surface area contributed by atoms with Crippen molar-refractivity contribution in [2.24, 2.45) is 7.05 Å². The molecule has 0 fully saturated rings. The molecule has 0 saturated carbocycles. The molecule has 4 aromatic heterocycles. The minimum absolute atomic E-state index is 0.185. The molecule has 0 amide bonds. The van der Waals surface area contributed by atoms with Crippen LogP contribution in [-0.4, -0.2) is 44.5 Å². The van der Waals surface area contributed by atoms with Crippen molar-refractivity contribution >= 4 is 21.9 Å². The Morgan fingerprint density at radius 2 is 1.71 bits per heavy atom. The second-order valence-electron chi connectivity index (χ2n) is 11.6. The molecular weight excluding hydrogens is 514 g/mol. The van der Waals surface area contributed by atoms with E-state index in [0.29, 0.717) is 17.9 Å². The van der Waals surface area contributed by atoms with Crippen LogP contribution >= 0.6 is 0 Å². The first-order valence-electron chi connectivity index (χ1n) is 13.9. The zero-order valence-corrected chi connectivity index (χ0v) is 24.2. The largest absolute Gasteiger partial charge is 0.386 e. The highest BCUT2D eigenvalue weighted by Crippen LogP contribution is 2.38. The van der Waals surface area contributed by atoms with Gasteiger partial charge in [0.15, 0.2) is 5.65 Å². The van der Waals surface area contributed by atoms with Crippen LogP contribution in [0.25, 0.3) is 38.9 Å². The number of aromatic nitrogens is 7. The third-order valence-corrected chi connectivity index (χ3v) is 7.53. The molecule has 9 nitrogen and oxygen atoms in total. The summed E-state index contributed by atoms with van der Waals surface area (Å²) in [5.41, 5.74) is 6.21. The highest BCUT2D eigenvalue weighted by atomic mass is 16.3. The van der Waals surface area contributed by atoms with Gasteiger partial charge in [0, 0.05) is 47.0 Å². The third-order valence-electron chi connectivity index (χ3n) is 7.53. The average Bonchev–Trinajstić information content (AvgIpc) is 3.60. The van der Waals surface area contributed by atoms with Crippen LogP contribution in [0.3, 0.4) is 0 Å². The molecule has 0 spiro atoms. The lowest BCUT2D eigenvalue weighted by Crippen LogP contribution is -2.21. The molecule has 210 valence electrons. The van der Waals surface area contributed by atoms with Crippen LogP contribution in [0, 0.1) is 6.92 Å². The first-order chi connectivity index (χ1) is 19.5. The van der Waals surface area contributed by atoms with Gasteiger partial charge in [0.25, 0.3) is 0 Å². The number of pyridine rings is 1. The molecule has 0 aliphatic carbocycles. The van der Waals surface area contributed by atoms with E-state index in [4.69, 9.17) is 15.2 Å². The molecule has 0 aliphatic heterocycles. The second-order valence-corrected chi connectivity index (χ2v) is 11.6. The van der Waals surface area contributed by atoms with Crippen LogP contribution in [-0.2, 0) is 19.2 Å². The maximum Gasteiger partial charge on any atom is 0.181 e. The van der Waals surface area contributed by atoms with Crippen molar-refractivity contribution in [1.82, 2.24) is 34.3 Å². The van der Waals surface area contributed by atoms with Gasteiger partial charge in [-0.2, -0.15) is 15.3 Å². The monoisotopic (exact) mass is 549 g/mol. The van der Waals surface area contributed by atoms with Crippen LogP contribution in [0.4, 0.5) is 0 Å². The Morgan fingerprint density at radius 3 is 2.41 bits per heavy atom. The maximum absolute atomic E-state index is 11.1. The fourth-order valence-electron chi connectivity index (χ4n) is 5.66. The van der Waals surface area contributed by atoms with Gasteiger partial charge < -0.3 is 10.2 Å². The number of aryl methyl sites for hydroxylation is 1. The average molecular weight is 550 g/mol. The minimum Gasteiger partial charge on any atom is -0.386 e. The molecular formula is C32H35N7O2. The van der Waals surface area contributed by atoms with Crippen molar-refractivity contribution in [2.45, 2.75) is 58.8 Å². The van der Waals surface area contributed by atoms with E-state index in [9.17, 15) is 10.2 Å². The van der Waals surface area contributed by atoms with Gasteiger partial charge in [0.1, 0.15) is 5.60 Å². The van der Waals surface area contributed by atoms with Crippen LogP contribution in [0.1, 0.15) is 62.2 Å². The van der Waals surface area contributed by atoms with E-state index in [1.54, 1.807) is 23.2 Å². The summed E-state index contributed by atoms with van der Waals surface area (Å²) in [7, 11) is 1.86. The lowest BCUT2D eigenvalue weighted by molar-refractivity contribution is 0.0739. The Kier molecular flexibility index (Phi) is 6.51. The minimum atomic E-state index is -1.21. The van der Waals surface area contributed by atoms with Gasteiger partial charge in [-0.05, 0) is 44.4 Å². The van der Waals surface area contributed by atoms with Gasteiger partial charge in [-0.3, -0.25) is 9.36 Å². The number of rotatable bonds is 7. The van der Waals surface area contributed by atoms with Crippen LogP contribution < -0.4 is 0 Å². The van der Waals surface area contributed by atoms with Crippen molar-refractivity contribution in [2.75, 3.05) is 0 Å². The maximum atomic E-state index is 11.1. The molecule has 6 aromatic rings. The molecule has 9 heteroatoms. The highest BCUT2D eigenvalue weighted by molar-refractivity contribution is 5.94. The smallest absolute Gasteiger partial charge is 0.181 e. The number of fused-ring (bicyclic) bond motifs is 2. The normalized spacial score (nSPS) is 13.1. The standard InChI is InChI=1S/C32H35N7O2/c1-19(2)28-20(3)39(26-15-22-16-37(6)36-31(22)33-30(26)32(4,5)41)35-29(28)23-13-10-14-25-24(23)17-38(34-25)18-27(40)21-11-8-7-9-12-21/h7-17,19,27,40-41H,18H2,1-6H3/t27-/m0/s1. The molecule has 0 bridgehead atoms. The summed E-state index contributed by atoms with van der Waals surface area (Å²) in [6.07, 6.45) is 3.24. The van der Waals surface area contributed by atoms with E-state index in [0.717, 1.165) is 50.1 Å². The summed E-state index contributed by atoms with van der Waals surface area (Å²) in [5, 5.41) is 38.2. The van der Waals surface area contributed by atoms with Gasteiger partial charge in [0.05, 0.1) is 35.2 Å². The van der Waals surface area contributed by atoms with E-state index in [-0.39, 0.29) is 5.92 Å². The number of aliphatic hydroxyl groups excluding tert-OH is 1. The quantitative estimate of drug-likeness (QED) is 0.270. The van der Waals surface area contributed by atoms with Gasteiger partial charge >= 0.3 is 0 Å². The van der Waals surface area contributed by atoms with E-state index in [2.05, 4.69) is 31.9 Å². The zero-order chi connectivity index (χ0) is 29.1. The fourth-order valence-corrected chi connectivity index (χ4v) is 5.66. The van der Waals surface area contributed by atoms with Gasteiger partial charge in [-0.15, -0.1) is 0 Å². The summed E-state index contributed by atoms with van der Waals surface area (Å²) >= 11 is 0. The van der Waals surface area contributed by atoms with Gasteiger partial charge in [-0.25, -0.2) is 9.67 Å². The van der Waals surface area contributed by atoms with Crippen molar-refractivity contribution in [3.8, 4) is 16.9 Å². The Hall–Kier alpha value is -4.34. The Morgan fingerprint density at radius 1 is 0.951 bits per heavy atom. The van der Waals surface area contributed by atoms with E-state index < -0.39 is 11.7 Å². The van der Waals surface area contributed by atoms with Crippen LogP contribution in [0.2, 0.25) is 0 Å². The summed E-state index contributed by atoms with van der Waals surface area (Å²) in [6, 6.07) is 17.7. The first-order valence-corrected chi connectivity index (χ1v) is 13.9. The molecule has 4 heterocycles. The topological polar surface area (TPSA) is 107 Å². The first kappa shape index (κ1) is 26.9. The Labute approximate surface area is 238 Å². The highest BCUT2D eigenvalue weighted by Gasteiger charge is 2.29. The van der Waals surface area contributed by atoms with Gasteiger partial charge in [-0.1, -0.05) is 56.3 Å². The summed E-state index contributed by atoms with van der Waals surface area (Å²) in [5.74, 6) is 0.185. The lowest BCUT2D eigenvalue weighted by atomic mass is 9.95. The van der Waals surface area contributed by atoms with Crippen molar-refractivity contribution in [3.05, 3.63) is 89.5 Å². The Balaban J connectivity index is 1.50. The number of hydrogen-bond acceptors (Lipinski definition) is 6. The zero-order valence-electron chi connectivity index (χ0n) is 24.2. The SMILES string of the molecule is Cc1c(C(C)C)c(-c2cccc3nn(C[C@H](O)c4ccccc4)cc23)nn1-c1cc2cn(C)nc2nc1C(C)(C)O. The van der Waals surface area contributed by atoms with E-state index >= 15 is 0 Å². The van der Waals surface area contributed by atoms with Crippen molar-refractivity contribution in [3.63, 3.8) is 0 Å². The van der Waals surface area contributed by atoms with E-state index in [1.165, 1.54) is 0 Å². The molecule has 41 heavy (non-hydrogen) atoms. The molecule has 2 aromatic carbocycles. The fraction of sp³-hybridized carbons (Fsp3) is 0.312. The molecule has 0 saturated heterocycles. The molecule has 2 N–H and O–H groups in total. The lowest BCUT2D eigenvalue weighted by Gasteiger charge is -2.21. The molecule has 0 aliphatic rings. The molecule has 6 rings (SSSR count). The number of nitrogens with zero attached hydrogens (tertiary/aromatic N) is 7. The molecule has 1 atom stereocenters. The number of hydrogen-bond donors (Lipinski definition) is 2. The van der Waals surface area contributed by atoms with Gasteiger partial charge in [0.2, 0.25) is 0 Å². The van der Waals surface area contributed by atoms with Crippen LogP contribution in [0.5, 0.6) is 0 Å². The van der Waals surface area contributed by atoms with Crippen LogP contribution in [0.15, 0.2) is 67.0 Å². The predicted octanol–water partition coefficient (Wildman–Crippen LogP) is 5.56. The summed E-state index contributed by atoms with van der Waals surface area (Å²) in [6.45, 7) is 10.2. The predicted molar refractivity (Wildman–Crippen MR) is 160 cm³/mol. The second kappa shape index (κ2) is 9.94. The van der Waals surface area contributed by atoms with Crippen molar-refractivity contribution < 1.29 is 10.2 Å². The summed E-state index contributed by atoms with van der Waals surface area (Å²) in [4.78, 5) is 4.77. The number of aliphatic hydroxyl groups is 2. The molecule has 0 radical (unpaired) electrons. The Bertz CT molecular complexity index is 1870. The van der Waals surface area contributed by atoms with Crippen molar-refractivity contribution in [1.29, 1.82) is 0 Å². The number of benzene rings is 2. The third kappa shape index (κ3) is 4.81. The molecule has 0 unspecified atom stereocenters. The van der Waals surface area contributed by atoms with E-state index in [1.807, 2.05) is 72.7 Å².